The van der Waals surface area contributed by atoms with E-state index in [1.165, 1.54) is 0 Å². The van der Waals surface area contributed by atoms with Gasteiger partial charge < -0.3 is 30.4 Å². The molecule has 2 atom stereocenters. The second kappa shape index (κ2) is 10.8. The van der Waals surface area contributed by atoms with Crippen molar-refractivity contribution in [3.8, 4) is 5.75 Å². The molecule has 1 aliphatic heterocycles. The molecule has 0 amide bonds. The molecule has 4 N–H and O–H groups in total. The number of hydrogen-bond acceptors (Lipinski definition) is 6. The number of halogens is 1. The van der Waals surface area contributed by atoms with Crippen LogP contribution < -0.4 is 20.9 Å². The molecule has 0 aliphatic carbocycles. The Bertz CT molecular complexity index is 867. The van der Waals surface area contributed by atoms with Gasteiger partial charge in [0, 0.05) is 17.9 Å². The van der Waals surface area contributed by atoms with Gasteiger partial charge in [-0.3, -0.25) is 5.41 Å². The first-order valence-electron chi connectivity index (χ1n) is 9.76. The lowest BCUT2D eigenvalue weighted by Gasteiger charge is -2.23. The molecule has 0 aromatic heterocycles. The van der Waals surface area contributed by atoms with Crippen molar-refractivity contribution in [2.45, 2.75) is 38.3 Å². The molecule has 1 fully saturated rings. The number of carboxylic acids is 1. The summed E-state index contributed by atoms with van der Waals surface area (Å²) in [5, 5.41) is 22.3. The fourth-order valence-electron chi connectivity index (χ4n) is 3.30. The Balaban J connectivity index is 0.00000320. The number of aliphatic carboxylic acids is 1. The molecule has 1 aliphatic rings. The zero-order valence-corrected chi connectivity index (χ0v) is 17.7. The summed E-state index contributed by atoms with van der Waals surface area (Å²) in [6.07, 6.45) is 2.84. The number of rotatable bonds is 9. The SMILES string of the molecule is CCc1cc(OCC2CCCO2)cc(C(Nc2ccc(C(=N)N)cc2)C(=O)[O-])c1.Cl. The van der Waals surface area contributed by atoms with Crippen LogP contribution in [0.5, 0.6) is 5.75 Å². The van der Waals surface area contributed by atoms with Gasteiger partial charge in [0.1, 0.15) is 18.2 Å². The molecule has 0 spiro atoms. The van der Waals surface area contributed by atoms with Crippen LogP contribution in [0.4, 0.5) is 5.69 Å². The number of anilines is 1. The average molecular weight is 433 g/mol. The van der Waals surface area contributed by atoms with Crippen molar-refractivity contribution >= 4 is 29.9 Å². The van der Waals surface area contributed by atoms with Gasteiger partial charge in [-0.15, -0.1) is 12.4 Å². The zero-order valence-electron chi connectivity index (χ0n) is 16.9. The minimum Gasteiger partial charge on any atom is -0.548 e. The third-order valence-corrected chi connectivity index (χ3v) is 4.93. The van der Waals surface area contributed by atoms with Gasteiger partial charge in [0.25, 0.3) is 0 Å². The van der Waals surface area contributed by atoms with Crippen LogP contribution in [0.1, 0.15) is 42.5 Å². The van der Waals surface area contributed by atoms with Gasteiger partial charge in [-0.05, 0) is 66.8 Å². The lowest BCUT2D eigenvalue weighted by atomic mass is 10.0. The molecule has 2 unspecified atom stereocenters. The van der Waals surface area contributed by atoms with Gasteiger partial charge in [0.05, 0.1) is 18.1 Å². The highest BCUT2D eigenvalue weighted by Gasteiger charge is 2.18. The maximum absolute atomic E-state index is 11.9. The Hall–Kier alpha value is -2.77. The smallest absolute Gasteiger partial charge is 0.122 e. The van der Waals surface area contributed by atoms with E-state index in [9.17, 15) is 9.90 Å². The van der Waals surface area contributed by atoms with E-state index in [0.29, 0.717) is 29.2 Å². The number of nitrogen functional groups attached to an aromatic ring is 1. The molecule has 0 radical (unpaired) electrons. The van der Waals surface area contributed by atoms with E-state index in [1.54, 1.807) is 30.3 Å². The fourth-order valence-corrected chi connectivity index (χ4v) is 3.30. The van der Waals surface area contributed by atoms with Crippen molar-refractivity contribution in [3.05, 3.63) is 59.2 Å². The highest BCUT2D eigenvalue weighted by Crippen LogP contribution is 2.26. The van der Waals surface area contributed by atoms with Crippen molar-refractivity contribution < 1.29 is 19.4 Å². The molecule has 7 nitrogen and oxygen atoms in total. The first kappa shape index (κ1) is 23.5. The van der Waals surface area contributed by atoms with Gasteiger partial charge in [-0.2, -0.15) is 0 Å². The molecule has 3 rings (SSSR count). The van der Waals surface area contributed by atoms with Crippen LogP contribution in [0.3, 0.4) is 0 Å². The molecule has 162 valence electrons. The van der Waals surface area contributed by atoms with Gasteiger partial charge >= 0.3 is 0 Å². The van der Waals surface area contributed by atoms with Crippen LogP contribution >= 0.6 is 12.4 Å². The predicted octanol–water partition coefficient (Wildman–Crippen LogP) is 2.42. The number of benzene rings is 2. The van der Waals surface area contributed by atoms with Crippen molar-refractivity contribution in [2.24, 2.45) is 5.73 Å². The van der Waals surface area contributed by atoms with Crippen LogP contribution in [-0.4, -0.2) is 31.1 Å². The molecule has 0 bridgehead atoms. The van der Waals surface area contributed by atoms with Crippen LogP contribution in [0, 0.1) is 5.41 Å². The first-order valence-corrected chi connectivity index (χ1v) is 9.76. The van der Waals surface area contributed by atoms with E-state index in [1.807, 2.05) is 19.1 Å². The first-order chi connectivity index (χ1) is 14.0. The summed E-state index contributed by atoms with van der Waals surface area (Å²) in [6, 6.07) is 11.1. The van der Waals surface area contributed by atoms with Gasteiger partial charge in [-0.1, -0.05) is 13.0 Å². The summed E-state index contributed by atoms with van der Waals surface area (Å²) in [7, 11) is 0. The number of ether oxygens (including phenoxy) is 2. The van der Waals surface area contributed by atoms with E-state index in [-0.39, 0.29) is 24.3 Å². The van der Waals surface area contributed by atoms with Crippen LogP contribution in [-0.2, 0) is 16.0 Å². The van der Waals surface area contributed by atoms with E-state index in [4.69, 9.17) is 20.6 Å². The maximum atomic E-state index is 11.9. The Morgan fingerprint density at radius 1 is 1.33 bits per heavy atom. The quantitative estimate of drug-likeness (QED) is 0.413. The number of nitrogens with two attached hydrogens (primary N) is 1. The number of aryl methyl sites for hydroxylation is 1. The van der Waals surface area contributed by atoms with Crippen molar-refractivity contribution in [2.75, 3.05) is 18.5 Å². The monoisotopic (exact) mass is 432 g/mol. The van der Waals surface area contributed by atoms with Crippen LogP contribution in [0.15, 0.2) is 42.5 Å². The molecular weight excluding hydrogens is 406 g/mol. The fraction of sp³-hybridized carbons (Fsp3) is 0.364. The third-order valence-electron chi connectivity index (χ3n) is 4.93. The number of carbonyl (C=O) groups is 1. The summed E-state index contributed by atoms with van der Waals surface area (Å²) in [6.45, 7) is 3.21. The molecule has 1 saturated heterocycles. The summed E-state index contributed by atoms with van der Waals surface area (Å²) < 4.78 is 11.5. The highest BCUT2D eigenvalue weighted by atomic mass is 35.5. The number of amidine groups is 1. The lowest BCUT2D eigenvalue weighted by molar-refractivity contribution is -0.307. The van der Waals surface area contributed by atoms with Crippen molar-refractivity contribution in [1.82, 2.24) is 0 Å². The van der Waals surface area contributed by atoms with Crippen molar-refractivity contribution in [1.29, 1.82) is 5.41 Å². The number of carboxylic acid groups (broad SMARTS) is 1. The largest absolute Gasteiger partial charge is 0.548 e. The molecule has 8 heteroatoms. The predicted molar refractivity (Wildman–Crippen MR) is 116 cm³/mol. The minimum atomic E-state index is -1.24. The number of carbonyl (C=O) groups excluding carboxylic acids is 1. The van der Waals surface area contributed by atoms with E-state index in [2.05, 4.69) is 5.32 Å². The molecular formula is C22H27ClN3O4-. The normalized spacial score (nSPS) is 16.4. The standard InChI is InChI=1S/C22H27N3O4.ClH/c1-2-14-10-16(12-19(11-14)29-13-18-4-3-9-28-18)20(22(26)27)25-17-7-5-15(6-8-17)21(23)24;/h5-8,10-12,18,20,25H,2-4,9,13H2,1H3,(H3,23,24)(H,26,27);1H/p-1. The Morgan fingerprint density at radius 3 is 2.63 bits per heavy atom. The lowest BCUT2D eigenvalue weighted by Crippen LogP contribution is -2.34. The molecule has 2 aromatic carbocycles. The Kier molecular flexibility index (Phi) is 8.50. The summed E-state index contributed by atoms with van der Waals surface area (Å²) in [5.41, 5.74) is 8.16. The Labute approximate surface area is 182 Å². The number of nitrogens with one attached hydrogen (secondary N) is 2. The topological polar surface area (TPSA) is 120 Å². The third kappa shape index (κ3) is 6.11. The minimum absolute atomic E-state index is 0. The van der Waals surface area contributed by atoms with Crippen LogP contribution in [0.2, 0.25) is 0 Å². The Morgan fingerprint density at radius 2 is 2.07 bits per heavy atom. The molecule has 0 saturated carbocycles. The average Bonchev–Trinajstić information content (AvgIpc) is 3.24. The van der Waals surface area contributed by atoms with Gasteiger partial charge in [0.15, 0.2) is 0 Å². The summed E-state index contributed by atoms with van der Waals surface area (Å²) in [5.74, 6) is -0.662. The van der Waals surface area contributed by atoms with Crippen LogP contribution in [0.25, 0.3) is 0 Å². The molecule has 2 aromatic rings. The van der Waals surface area contributed by atoms with E-state index < -0.39 is 12.0 Å². The zero-order chi connectivity index (χ0) is 20.8. The summed E-state index contributed by atoms with van der Waals surface area (Å²) >= 11 is 0. The van der Waals surface area contributed by atoms with Gasteiger partial charge in [-0.25, -0.2) is 0 Å². The molecule has 1 heterocycles. The summed E-state index contributed by atoms with van der Waals surface area (Å²) in [4.78, 5) is 11.9. The maximum Gasteiger partial charge on any atom is 0.122 e. The second-order valence-electron chi connectivity index (χ2n) is 7.10. The number of hydrogen-bond donors (Lipinski definition) is 3. The second-order valence-corrected chi connectivity index (χ2v) is 7.10. The van der Waals surface area contributed by atoms with E-state index >= 15 is 0 Å². The van der Waals surface area contributed by atoms with Crippen molar-refractivity contribution in [3.63, 3.8) is 0 Å². The highest BCUT2D eigenvalue weighted by molar-refractivity contribution is 5.95. The van der Waals surface area contributed by atoms with E-state index in [0.717, 1.165) is 31.4 Å². The molecule has 30 heavy (non-hydrogen) atoms. The van der Waals surface area contributed by atoms with Gasteiger partial charge in [0.2, 0.25) is 0 Å².